The Bertz CT molecular complexity index is 1180. The maximum atomic E-state index is 13.5. The van der Waals surface area contributed by atoms with Gasteiger partial charge in [-0.1, -0.05) is 29.3 Å². The molecule has 0 unspecified atom stereocenters. The van der Waals surface area contributed by atoms with E-state index in [0.717, 1.165) is 10.6 Å². The monoisotopic (exact) mass is 545 g/mol. The molecule has 0 saturated carbocycles. The number of hydrogen-bond donors (Lipinski definition) is 1. The number of hydrogen-bond acceptors (Lipinski definition) is 6. The third-order valence-electron chi connectivity index (χ3n) is 5.21. The molecule has 0 heterocycles. The zero-order chi connectivity index (χ0) is 26.3. The summed E-state index contributed by atoms with van der Waals surface area (Å²) in [6.07, 6.45) is 0.984. The predicted molar refractivity (Wildman–Crippen MR) is 137 cm³/mol. The fraction of sp³-hybridized carbons (Fsp3) is 0.391. The number of likely N-dealkylation sites (N-methyl/N-ethyl adjacent to an activating group) is 1. The van der Waals surface area contributed by atoms with E-state index in [1.807, 2.05) is 0 Å². The highest BCUT2D eigenvalue weighted by Crippen LogP contribution is 2.34. The molecule has 1 atom stereocenters. The van der Waals surface area contributed by atoms with Crippen molar-refractivity contribution in [2.24, 2.45) is 0 Å². The Labute approximate surface area is 215 Å². The number of ether oxygens (including phenoxy) is 2. The van der Waals surface area contributed by atoms with E-state index in [0.29, 0.717) is 27.9 Å². The minimum absolute atomic E-state index is 0.0372. The van der Waals surface area contributed by atoms with Gasteiger partial charge in [-0.15, -0.1) is 0 Å². The molecule has 0 spiro atoms. The lowest BCUT2D eigenvalue weighted by atomic mass is 10.1. The van der Waals surface area contributed by atoms with Crippen LogP contribution in [0.15, 0.2) is 36.4 Å². The van der Waals surface area contributed by atoms with Crippen LogP contribution in [-0.2, 0) is 26.2 Å². The second-order valence-corrected chi connectivity index (χ2v) is 10.4. The van der Waals surface area contributed by atoms with Crippen LogP contribution in [0.2, 0.25) is 10.0 Å². The number of carbonyl (C=O) groups is 2. The molecule has 0 fully saturated rings. The van der Waals surface area contributed by atoms with Gasteiger partial charge in [0.2, 0.25) is 21.8 Å². The second kappa shape index (κ2) is 12.3. The van der Waals surface area contributed by atoms with Gasteiger partial charge >= 0.3 is 0 Å². The van der Waals surface area contributed by atoms with Crippen molar-refractivity contribution in [1.82, 2.24) is 10.2 Å². The van der Waals surface area contributed by atoms with Gasteiger partial charge in [-0.2, -0.15) is 0 Å². The lowest BCUT2D eigenvalue weighted by Gasteiger charge is -2.32. The molecule has 192 valence electrons. The van der Waals surface area contributed by atoms with E-state index in [1.54, 1.807) is 32.0 Å². The Kier molecular flexibility index (Phi) is 10.1. The van der Waals surface area contributed by atoms with Crippen LogP contribution in [0.25, 0.3) is 0 Å². The molecule has 2 amide bonds. The molecule has 9 nitrogen and oxygen atoms in total. The van der Waals surface area contributed by atoms with Gasteiger partial charge in [0.25, 0.3) is 0 Å². The zero-order valence-electron chi connectivity index (χ0n) is 20.2. The van der Waals surface area contributed by atoms with Gasteiger partial charge in [-0.05, 0) is 43.7 Å². The highest BCUT2D eigenvalue weighted by Gasteiger charge is 2.31. The van der Waals surface area contributed by atoms with Crippen molar-refractivity contribution in [3.8, 4) is 11.5 Å². The highest BCUT2D eigenvalue weighted by molar-refractivity contribution is 7.92. The van der Waals surface area contributed by atoms with Crippen molar-refractivity contribution in [2.75, 3.05) is 37.9 Å². The molecule has 0 radical (unpaired) electrons. The van der Waals surface area contributed by atoms with Crippen molar-refractivity contribution in [3.05, 3.63) is 52.0 Å². The molecule has 0 bridgehead atoms. The number of anilines is 1. The first-order valence-corrected chi connectivity index (χ1v) is 13.2. The summed E-state index contributed by atoms with van der Waals surface area (Å²) >= 11 is 12.3. The third kappa shape index (κ3) is 7.39. The topological polar surface area (TPSA) is 105 Å². The third-order valence-corrected chi connectivity index (χ3v) is 6.92. The Hall–Kier alpha value is -2.69. The van der Waals surface area contributed by atoms with E-state index >= 15 is 0 Å². The summed E-state index contributed by atoms with van der Waals surface area (Å²) in [6, 6.07) is 8.45. The molecular formula is C23H29Cl2N3O6S. The number of methoxy groups -OCH3 is 2. The number of nitrogens with zero attached hydrogens (tertiary/aromatic N) is 2. The maximum absolute atomic E-state index is 13.5. The van der Waals surface area contributed by atoms with Crippen LogP contribution < -0.4 is 19.1 Å². The molecule has 0 saturated heterocycles. The van der Waals surface area contributed by atoms with Crippen LogP contribution in [0, 0.1) is 0 Å². The summed E-state index contributed by atoms with van der Waals surface area (Å²) in [5.41, 5.74) is 0.702. The van der Waals surface area contributed by atoms with Crippen LogP contribution >= 0.6 is 23.2 Å². The van der Waals surface area contributed by atoms with Gasteiger partial charge in [-0.3, -0.25) is 13.9 Å². The summed E-state index contributed by atoms with van der Waals surface area (Å²) in [5, 5.41) is 3.42. The van der Waals surface area contributed by atoms with Crippen molar-refractivity contribution in [2.45, 2.75) is 26.4 Å². The normalized spacial score (nSPS) is 12.0. The average Bonchev–Trinajstić information content (AvgIpc) is 2.80. The van der Waals surface area contributed by atoms with Gasteiger partial charge in [0.1, 0.15) is 24.1 Å². The van der Waals surface area contributed by atoms with Gasteiger partial charge in [0.15, 0.2) is 0 Å². The summed E-state index contributed by atoms with van der Waals surface area (Å²) in [7, 11) is -1.07. The van der Waals surface area contributed by atoms with Gasteiger partial charge in [0, 0.05) is 29.2 Å². The molecule has 1 N–H and O–H groups in total. The first kappa shape index (κ1) is 28.5. The number of amides is 2. The Morgan fingerprint density at radius 1 is 1.09 bits per heavy atom. The summed E-state index contributed by atoms with van der Waals surface area (Å²) in [6.45, 7) is 3.08. The number of rotatable bonds is 11. The average molecular weight is 546 g/mol. The molecule has 2 rings (SSSR count). The summed E-state index contributed by atoms with van der Waals surface area (Å²) in [5.74, 6) is -0.349. The molecule has 0 aliphatic carbocycles. The van der Waals surface area contributed by atoms with Crippen LogP contribution in [-0.4, -0.2) is 64.7 Å². The Balaban J connectivity index is 2.48. The molecule has 2 aromatic carbocycles. The zero-order valence-corrected chi connectivity index (χ0v) is 22.5. The van der Waals surface area contributed by atoms with Crippen molar-refractivity contribution >= 4 is 50.7 Å². The SMILES string of the molecule is CCNC(=O)[C@H](C)N(Cc1ccc(Cl)cc1Cl)C(=O)CN(c1ccc(OC)cc1OC)S(C)(=O)=O. The fourth-order valence-corrected chi connectivity index (χ4v) is 4.65. The Morgan fingerprint density at radius 3 is 2.31 bits per heavy atom. The van der Waals surface area contributed by atoms with Gasteiger partial charge in [-0.25, -0.2) is 8.42 Å². The number of nitrogens with one attached hydrogen (secondary N) is 1. The number of sulfonamides is 1. The standard InChI is InChI=1S/C23H29Cl2N3O6S/c1-6-26-23(30)15(2)27(13-16-7-8-17(24)11-19(16)25)22(29)14-28(35(5,31)32)20-10-9-18(33-3)12-21(20)34-4/h7-12,15H,6,13-14H2,1-5H3,(H,26,30)/t15-/m0/s1. The van der Waals surface area contributed by atoms with E-state index in [1.165, 1.54) is 37.3 Å². The fourth-order valence-electron chi connectivity index (χ4n) is 3.32. The number of benzene rings is 2. The van der Waals surface area contributed by atoms with Crippen molar-refractivity contribution in [3.63, 3.8) is 0 Å². The van der Waals surface area contributed by atoms with Gasteiger partial charge in [0.05, 0.1) is 26.2 Å². The predicted octanol–water partition coefficient (Wildman–Crippen LogP) is 3.33. The van der Waals surface area contributed by atoms with E-state index in [2.05, 4.69) is 5.32 Å². The quantitative estimate of drug-likeness (QED) is 0.464. The lowest BCUT2D eigenvalue weighted by Crippen LogP contribution is -2.51. The summed E-state index contributed by atoms with van der Waals surface area (Å²) in [4.78, 5) is 27.4. The summed E-state index contributed by atoms with van der Waals surface area (Å²) < 4.78 is 36.9. The second-order valence-electron chi connectivity index (χ2n) is 7.64. The molecule has 0 aliphatic heterocycles. The lowest BCUT2D eigenvalue weighted by molar-refractivity contribution is -0.139. The number of carbonyl (C=O) groups excluding carboxylic acids is 2. The minimum Gasteiger partial charge on any atom is -0.497 e. The maximum Gasteiger partial charge on any atom is 0.244 e. The number of halogens is 2. The van der Waals surface area contributed by atoms with E-state index in [-0.39, 0.29) is 23.9 Å². The van der Waals surface area contributed by atoms with Gasteiger partial charge < -0.3 is 19.7 Å². The molecule has 35 heavy (non-hydrogen) atoms. The molecule has 2 aromatic rings. The van der Waals surface area contributed by atoms with Crippen LogP contribution in [0.4, 0.5) is 5.69 Å². The van der Waals surface area contributed by atoms with E-state index in [4.69, 9.17) is 32.7 Å². The smallest absolute Gasteiger partial charge is 0.244 e. The largest absolute Gasteiger partial charge is 0.497 e. The minimum atomic E-state index is -3.92. The van der Waals surface area contributed by atoms with Crippen LogP contribution in [0.3, 0.4) is 0 Å². The van der Waals surface area contributed by atoms with Crippen molar-refractivity contribution < 1.29 is 27.5 Å². The van der Waals surface area contributed by atoms with Crippen LogP contribution in [0.1, 0.15) is 19.4 Å². The molecule has 12 heteroatoms. The molecule has 0 aromatic heterocycles. The first-order valence-electron chi connectivity index (χ1n) is 10.6. The van der Waals surface area contributed by atoms with E-state index in [9.17, 15) is 18.0 Å². The van der Waals surface area contributed by atoms with Crippen molar-refractivity contribution in [1.29, 1.82) is 0 Å². The molecular weight excluding hydrogens is 517 g/mol. The van der Waals surface area contributed by atoms with Crippen LogP contribution in [0.5, 0.6) is 11.5 Å². The molecule has 0 aliphatic rings. The Morgan fingerprint density at radius 2 is 1.77 bits per heavy atom. The highest BCUT2D eigenvalue weighted by atomic mass is 35.5. The first-order chi connectivity index (χ1) is 16.4. The van der Waals surface area contributed by atoms with E-state index < -0.39 is 28.5 Å².